The Bertz CT molecular complexity index is 1470. The van der Waals surface area contributed by atoms with E-state index < -0.39 is 35.3 Å². The molecule has 4 aromatic rings. The molecule has 35 heavy (non-hydrogen) atoms. The summed E-state index contributed by atoms with van der Waals surface area (Å²) in [6.45, 7) is -0.0997. The fourth-order valence-electron chi connectivity index (χ4n) is 3.70. The van der Waals surface area contributed by atoms with Gasteiger partial charge in [-0.2, -0.15) is 5.10 Å². The van der Waals surface area contributed by atoms with Crippen LogP contribution in [0.4, 0.5) is 8.78 Å². The molecule has 1 atom stereocenters. The van der Waals surface area contributed by atoms with E-state index in [9.17, 15) is 18.4 Å². The smallest absolute Gasteiger partial charge is 0.352 e. The average Bonchev–Trinajstić information content (AvgIpc) is 2.85. The van der Waals surface area contributed by atoms with Gasteiger partial charge in [-0.25, -0.2) is 22.8 Å². The summed E-state index contributed by atoms with van der Waals surface area (Å²) in [6, 6.07) is 16.3. The SMILES string of the molecule is COc1cccc(-n2c(=O)c(Cc3c(F)cccc3F)nn(CC(N)c3ccccc3)c2=O)c1Cl. The minimum Gasteiger partial charge on any atom is -0.495 e. The Balaban J connectivity index is 1.92. The van der Waals surface area contributed by atoms with Crippen LogP contribution in [0.3, 0.4) is 0 Å². The zero-order valence-corrected chi connectivity index (χ0v) is 19.4. The van der Waals surface area contributed by atoms with Gasteiger partial charge in [-0.05, 0) is 29.8 Å². The summed E-state index contributed by atoms with van der Waals surface area (Å²) in [5.41, 5.74) is 4.79. The van der Waals surface area contributed by atoms with Crippen molar-refractivity contribution in [3.8, 4) is 11.4 Å². The van der Waals surface area contributed by atoms with Gasteiger partial charge in [0.1, 0.15) is 28.1 Å². The molecule has 4 rings (SSSR count). The molecule has 1 unspecified atom stereocenters. The quantitative estimate of drug-likeness (QED) is 0.420. The van der Waals surface area contributed by atoms with Crippen LogP contribution in [-0.4, -0.2) is 21.5 Å². The van der Waals surface area contributed by atoms with Crippen LogP contribution in [0.25, 0.3) is 5.69 Å². The number of benzene rings is 3. The van der Waals surface area contributed by atoms with Gasteiger partial charge in [0.05, 0.1) is 19.3 Å². The molecular formula is C25H21ClF2N4O3. The topological polar surface area (TPSA) is 92.1 Å². The lowest BCUT2D eigenvalue weighted by atomic mass is 10.1. The van der Waals surface area contributed by atoms with Crippen LogP contribution >= 0.6 is 11.6 Å². The van der Waals surface area contributed by atoms with E-state index in [-0.39, 0.29) is 34.3 Å². The number of nitrogens with zero attached hydrogens (tertiary/aromatic N) is 3. The molecule has 0 aliphatic heterocycles. The first-order valence-electron chi connectivity index (χ1n) is 10.6. The molecular weight excluding hydrogens is 478 g/mol. The Labute approximate surface area is 204 Å². The van der Waals surface area contributed by atoms with Crippen LogP contribution < -0.4 is 21.7 Å². The van der Waals surface area contributed by atoms with Crippen molar-refractivity contribution in [3.63, 3.8) is 0 Å². The Hall–Kier alpha value is -3.82. The minimum absolute atomic E-state index is 0.0160. The Morgan fingerprint density at radius 3 is 2.31 bits per heavy atom. The molecule has 0 aliphatic carbocycles. The van der Waals surface area contributed by atoms with Crippen LogP contribution in [0.2, 0.25) is 5.02 Å². The highest BCUT2D eigenvalue weighted by molar-refractivity contribution is 6.33. The zero-order chi connectivity index (χ0) is 25.1. The lowest BCUT2D eigenvalue weighted by Crippen LogP contribution is -2.44. The van der Waals surface area contributed by atoms with Crippen molar-refractivity contribution in [1.29, 1.82) is 0 Å². The average molecular weight is 499 g/mol. The van der Waals surface area contributed by atoms with Crippen LogP contribution in [0, 0.1) is 11.6 Å². The van der Waals surface area contributed by atoms with Crippen molar-refractivity contribution >= 4 is 11.6 Å². The second-order valence-corrected chi connectivity index (χ2v) is 8.12. The van der Waals surface area contributed by atoms with Crippen molar-refractivity contribution in [2.24, 2.45) is 5.73 Å². The third-order valence-corrected chi connectivity index (χ3v) is 5.89. The molecule has 7 nitrogen and oxygen atoms in total. The second kappa shape index (κ2) is 10.2. The van der Waals surface area contributed by atoms with Crippen molar-refractivity contribution in [3.05, 3.63) is 121 Å². The van der Waals surface area contributed by atoms with Gasteiger partial charge in [-0.3, -0.25) is 4.79 Å². The van der Waals surface area contributed by atoms with E-state index in [0.717, 1.165) is 26.9 Å². The molecule has 0 amide bonds. The van der Waals surface area contributed by atoms with Crippen molar-refractivity contribution in [2.45, 2.75) is 19.0 Å². The van der Waals surface area contributed by atoms with E-state index in [1.165, 1.54) is 19.2 Å². The number of hydrogen-bond acceptors (Lipinski definition) is 5. The van der Waals surface area contributed by atoms with Gasteiger partial charge in [-0.15, -0.1) is 0 Å². The number of nitrogens with two attached hydrogens (primary N) is 1. The first kappa shape index (κ1) is 24.3. The number of ether oxygens (including phenoxy) is 1. The number of rotatable bonds is 7. The summed E-state index contributed by atoms with van der Waals surface area (Å²) in [6.07, 6.45) is -0.486. The lowest BCUT2D eigenvalue weighted by Gasteiger charge is -2.17. The van der Waals surface area contributed by atoms with E-state index in [0.29, 0.717) is 0 Å². The Morgan fingerprint density at radius 2 is 1.66 bits per heavy atom. The molecule has 180 valence electrons. The highest BCUT2D eigenvalue weighted by Gasteiger charge is 2.22. The number of aromatic nitrogens is 3. The predicted molar refractivity (Wildman–Crippen MR) is 128 cm³/mol. The number of hydrogen-bond donors (Lipinski definition) is 1. The number of halogens is 3. The molecule has 3 aromatic carbocycles. The first-order valence-corrected chi connectivity index (χ1v) is 11.0. The molecule has 0 saturated carbocycles. The Morgan fingerprint density at radius 1 is 1.00 bits per heavy atom. The maximum absolute atomic E-state index is 14.4. The maximum Gasteiger partial charge on any atom is 0.352 e. The van der Waals surface area contributed by atoms with Gasteiger partial charge in [0.15, 0.2) is 0 Å². The van der Waals surface area contributed by atoms with Gasteiger partial charge in [-0.1, -0.05) is 54.1 Å². The van der Waals surface area contributed by atoms with Crippen LogP contribution in [0.5, 0.6) is 5.75 Å². The van der Waals surface area contributed by atoms with E-state index in [2.05, 4.69) is 5.10 Å². The van der Waals surface area contributed by atoms with E-state index in [4.69, 9.17) is 22.1 Å². The molecule has 1 heterocycles. The summed E-state index contributed by atoms with van der Waals surface area (Å²) in [7, 11) is 1.39. The summed E-state index contributed by atoms with van der Waals surface area (Å²) in [5, 5.41) is 4.17. The third kappa shape index (κ3) is 4.87. The van der Waals surface area contributed by atoms with Gasteiger partial charge >= 0.3 is 5.69 Å². The molecule has 1 aromatic heterocycles. The van der Waals surface area contributed by atoms with Crippen molar-refractivity contribution in [2.75, 3.05) is 7.11 Å². The standard InChI is InChI=1S/C25H21ClF2N4O3/c1-35-22-12-6-11-21(23(22)26)32-24(33)20(13-16-17(27)9-5-10-18(16)28)30-31(25(32)34)14-19(29)15-7-3-2-4-8-15/h2-12,19H,13-14,29H2,1H3. The number of methoxy groups -OCH3 is 1. The summed E-state index contributed by atoms with van der Waals surface area (Å²) in [4.78, 5) is 26.8. The fourth-order valence-corrected chi connectivity index (χ4v) is 3.98. The monoisotopic (exact) mass is 498 g/mol. The molecule has 0 radical (unpaired) electrons. The van der Waals surface area contributed by atoms with Crippen LogP contribution in [0.15, 0.2) is 76.3 Å². The van der Waals surface area contributed by atoms with Gasteiger partial charge in [0.2, 0.25) is 0 Å². The summed E-state index contributed by atoms with van der Waals surface area (Å²) in [5.74, 6) is -1.44. The largest absolute Gasteiger partial charge is 0.495 e. The lowest BCUT2D eigenvalue weighted by molar-refractivity contribution is 0.414. The fraction of sp³-hybridized carbons (Fsp3) is 0.160. The van der Waals surface area contributed by atoms with Gasteiger partial charge in [0, 0.05) is 18.0 Å². The molecule has 0 spiro atoms. The zero-order valence-electron chi connectivity index (χ0n) is 18.6. The van der Waals surface area contributed by atoms with E-state index in [1.807, 2.05) is 6.07 Å². The molecule has 2 N–H and O–H groups in total. The highest BCUT2D eigenvalue weighted by atomic mass is 35.5. The minimum atomic E-state index is -0.864. The van der Waals surface area contributed by atoms with Gasteiger partial charge in [0.25, 0.3) is 5.56 Å². The second-order valence-electron chi connectivity index (χ2n) is 7.74. The van der Waals surface area contributed by atoms with Crippen molar-refractivity contribution in [1.82, 2.24) is 14.3 Å². The summed E-state index contributed by atoms with van der Waals surface area (Å²) >= 11 is 6.41. The maximum atomic E-state index is 14.4. The van der Waals surface area contributed by atoms with Gasteiger partial charge < -0.3 is 10.5 Å². The molecule has 0 fully saturated rings. The van der Waals surface area contributed by atoms with E-state index in [1.54, 1.807) is 36.4 Å². The van der Waals surface area contributed by atoms with Crippen LogP contribution in [0.1, 0.15) is 22.9 Å². The third-order valence-electron chi connectivity index (χ3n) is 5.51. The predicted octanol–water partition coefficient (Wildman–Crippen LogP) is 3.63. The van der Waals surface area contributed by atoms with E-state index >= 15 is 0 Å². The molecule has 0 bridgehead atoms. The molecule has 10 heteroatoms. The normalized spacial score (nSPS) is 11.9. The molecule has 0 aliphatic rings. The van der Waals surface area contributed by atoms with Crippen LogP contribution in [-0.2, 0) is 13.0 Å². The Kier molecular flexibility index (Phi) is 7.09. The van der Waals surface area contributed by atoms with Crippen molar-refractivity contribution < 1.29 is 13.5 Å². The highest BCUT2D eigenvalue weighted by Crippen LogP contribution is 2.29. The molecule has 0 saturated heterocycles. The first-order chi connectivity index (χ1) is 16.8. The summed E-state index contributed by atoms with van der Waals surface area (Å²) < 4.78 is 35.7.